The average molecular weight is 401 g/mol. The maximum Gasteiger partial charge on any atom is 0.284 e. The number of rotatable bonds is 5. The van der Waals surface area contributed by atoms with E-state index in [-0.39, 0.29) is 17.4 Å². The molecular formula is C21H25F2N5O. The fourth-order valence-corrected chi connectivity index (χ4v) is 4.17. The van der Waals surface area contributed by atoms with Gasteiger partial charge in [0.1, 0.15) is 11.3 Å². The Morgan fingerprint density at radius 3 is 2.66 bits per heavy atom. The Balaban J connectivity index is 1.55. The summed E-state index contributed by atoms with van der Waals surface area (Å²) >= 11 is 0. The van der Waals surface area contributed by atoms with Gasteiger partial charge in [0.05, 0.1) is 17.9 Å². The van der Waals surface area contributed by atoms with Crippen molar-refractivity contribution in [2.45, 2.75) is 52.0 Å². The first-order valence-corrected chi connectivity index (χ1v) is 10.0. The third kappa shape index (κ3) is 3.88. The van der Waals surface area contributed by atoms with E-state index in [1.807, 2.05) is 6.07 Å². The van der Waals surface area contributed by atoms with Crippen LogP contribution in [0.15, 0.2) is 36.8 Å². The zero-order chi connectivity index (χ0) is 20.5. The average Bonchev–Trinajstić information content (AvgIpc) is 3.32. The number of halogens is 2. The number of fused-ring (bicyclic) bond motifs is 1. The number of imidazole rings is 1. The van der Waals surface area contributed by atoms with Gasteiger partial charge in [0.15, 0.2) is 5.69 Å². The van der Waals surface area contributed by atoms with Gasteiger partial charge in [0, 0.05) is 12.4 Å². The van der Waals surface area contributed by atoms with E-state index in [0.717, 1.165) is 25.7 Å². The molecule has 0 radical (unpaired) electrons. The lowest BCUT2D eigenvalue weighted by Gasteiger charge is -2.30. The monoisotopic (exact) mass is 401 g/mol. The summed E-state index contributed by atoms with van der Waals surface area (Å²) in [6.45, 7) is 4.45. The van der Waals surface area contributed by atoms with Crippen molar-refractivity contribution in [1.82, 2.24) is 19.2 Å². The molecule has 1 aliphatic carbocycles. The fraction of sp³-hybridized carbons (Fsp3) is 0.476. The van der Waals surface area contributed by atoms with E-state index in [1.54, 1.807) is 33.6 Å². The molecule has 0 atom stereocenters. The molecule has 3 heterocycles. The Kier molecular flexibility index (Phi) is 5.34. The topological polar surface area (TPSA) is 64.2 Å². The fourth-order valence-electron chi connectivity index (χ4n) is 4.17. The molecule has 6 nitrogen and oxygen atoms in total. The third-order valence-corrected chi connectivity index (χ3v) is 5.92. The van der Waals surface area contributed by atoms with Crippen LogP contribution in [0.2, 0.25) is 0 Å². The Hall–Kier alpha value is -2.77. The number of aromatic nitrogens is 4. The van der Waals surface area contributed by atoms with E-state index in [2.05, 4.69) is 29.2 Å². The number of carbonyl (C=O) groups excluding carboxylic acids is 1. The van der Waals surface area contributed by atoms with Crippen molar-refractivity contribution < 1.29 is 13.6 Å². The number of alkyl halides is 2. The van der Waals surface area contributed by atoms with Crippen LogP contribution in [0.1, 0.15) is 68.2 Å². The van der Waals surface area contributed by atoms with Crippen molar-refractivity contribution in [1.29, 1.82) is 0 Å². The number of amides is 1. The van der Waals surface area contributed by atoms with E-state index < -0.39 is 18.0 Å². The first-order valence-electron chi connectivity index (χ1n) is 10.0. The number of pyridine rings is 1. The van der Waals surface area contributed by atoms with Gasteiger partial charge >= 0.3 is 0 Å². The highest BCUT2D eigenvalue weighted by atomic mass is 19.3. The summed E-state index contributed by atoms with van der Waals surface area (Å²) < 4.78 is 30.4. The molecule has 8 heteroatoms. The van der Waals surface area contributed by atoms with Gasteiger partial charge in [0.2, 0.25) is 0 Å². The second-order valence-electron chi connectivity index (χ2n) is 8.05. The molecule has 0 bridgehead atoms. The molecule has 3 aromatic rings. The molecule has 0 spiro atoms. The van der Waals surface area contributed by atoms with Crippen molar-refractivity contribution in [3.8, 4) is 0 Å². The predicted octanol–water partition coefficient (Wildman–Crippen LogP) is 5.11. The number of nitrogens with one attached hydrogen (secondary N) is 1. The van der Waals surface area contributed by atoms with Crippen LogP contribution in [-0.2, 0) is 0 Å². The van der Waals surface area contributed by atoms with Crippen LogP contribution in [0.4, 0.5) is 14.5 Å². The Bertz CT molecular complexity index is 1000. The van der Waals surface area contributed by atoms with Crippen molar-refractivity contribution in [2.75, 3.05) is 5.32 Å². The smallest absolute Gasteiger partial charge is 0.284 e. The van der Waals surface area contributed by atoms with Gasteiger partial charge in [-0.25, -0.2) is 13.8 Å². The van der Waals surface area contributed by atoms with Gasteiger partial charge in [-0.15, -0.1) is 0 Å². The predicted molar refractivity (Wildman–Crippen MR) is 106 cm³/mol. The molecule has 4 rings (SSSR count). The summed E-state index contributed by atoms with van der Waals surface area (Å²) in [6, 6.07) is 5.45. The molecule has 29 heavy (non-hydrogen) atoms. The highest BCUT2D eigenvalue weighted by Gasteiger charge is 2.28. The Morgan fingerprint density at radius 2 is 1.97 bits per heavy atom. The molecule has 1 amide bonds. The van der Waals surface area contributed by atoms with Crippen molar-refractivity contribution in [3.05, 3.63) is 48.2 Å². The van der Waals surface area contributed by atoms with E-state index >= 15 is 0 Å². The lowest BCUT2D eigenvalue weighted by atomic mass is 9.80. The second kappa shape index (κ2) is 7.93. The highest BCUT2D eigenvalue weighted by Crippen LogP contribution is 2.37. The molecule has 3 aromatic heterocycles. The van der Waals surface area contributed by atoms with Crippen LogP contribution in [0.3, 0.4) is 0 Å². The summed E-state index contributed by atoms with van der Waals surface area (Å²) in [4.78, 5) is 16.9. The SMILES string of the molecule is CC(C)C1CCC(n2cc(NC(=O)c3cnc4ccccn34)c(C(F)F)n2)CC1. The summed E-state index contributed by atoms with van der Waals surface area (Å²) in [5.74, 6) is 0.810. The van der Waals surface area contributed by atoms with Gasteiger partial charge in [-0.05, 0) is 49.7 Å². The number of hydrogen-bond donors (Lipinski definition) is 1. The largest absolute Gasteiger partial charge is 0.318 e. The molecule has 0 unspecified atom stereocenters. The van der Waals surface area contributed by atoms with Gasteiger partial charge in [-0.1, -0.05) is 19.9 Å². The maximum absolute atomic E-state index is 13.6. The molecule has 0 saturated heterocycles. The highest BCUT2D eigenvalue weighted by molar-refractivity contribution is 6.03. The molecule has 1 aliphatic rings. The number of carbonyl (C=O) groups is 1. The molecule has 1 N–H and O–H groups in total. The van der Waals surface area contributed by atoms with Crippen LogP contribution in [0.5, 0.6) is 0 Å². The zero-order valence-electron chi connectivity index (χ0n) is 16.6. The van der Waals surface area contributed by atoms with Gasteiger partial charge in [0.25, 0.3) is 12.3 Å². The van der Waals surface area contributed by atoms with Crippen molar-refractivity contribution in [3.63, 3.8) is 0 Å². The summed E-state index contributed by atoms with van der Waals surface area (Å²) in [5, 5.41) is 6.74. The van der Waals surface area contributed by atoms with Crippen LogP contribution in [0.25, 0.3) is 5.65 Å². The summed E-state index contributed by atoms with van der Waals surface area (Å²) in [6.07, 6.45) is 5.88. The van der Waals surface area contributed by atoms with Crippen molar-refractivity contribution >= 4 is 17.2 Å². The second-order valence-corrected chi connectivity index (χ2v) is 8.05. The lowest BCUT2D eigenvalue weighted by Crippen LogP contribution is -2.21. The first kappa shape index (κ1) is 19.5. The maximum atomic E-state index is 13.6. The van der Waals surface area contributed by atoms with E-state index in [4.69, 9.17) is 0 Å². The van der Waals surface area contributed by atoms with Gasteiger partial charge in [-0.2, -0.15) is 5.10 Å². The summed E-state index contributed by atoms with van der Waals surface area (Å²) in [5.41, 5.74) is 0.565. The quantitative estimate of drug-likeness (QED) is 0.646. The third-order valence-electron chi connectivity index (χ3n) is 5.92. The lowest BCUT2D eigenvalue weighted by molar-refractivity contribution is 0.102. The van der Waals surface area contributed by atoms with Crippen LogP contribution < -0.4 is 5.32 Å². The molecule has 0 aliphatic heterocycles. The van der Waals surface area contributed by atoms with Crippen LogP contribution >= 0.6 is 0 Å². The minimum atomic E-state index is -2.76. The molecular weight excluding hydrogens is 376 g/mol. The van der Waals surface area contributed by atoms with E-state index in [1.165, 1.54) is 6.20 Å². The van der Waals surface area contributed by atoms with Gasteiger partial charge in [-0.3, -0.25) is 13.9 Å². The number of nitrogens with zero attached hydrogens (tertiary/aromatic N) is 4. The minimum absolute atomic E-state index is 0.0573. The summed E-state index contributed by atoms with van der Waals surface area (Å²) in [7, 11) is 0. The number of anilines is 1. The Morgan fingerprint density at radius 1 is 1.21 bits per heavy atom. The zero-order valence-corrected chi connectivity index (χ0v) is 16.6. The number of hydrogen-bond acceptors (Lipinski definition) is 3. The first-order chi connectivity index (χ1) is 13.9. The van der Waals surface area contributed by atoms with Crippen LogP contribution in [-0.4, -0.2) is 25.1 Å². The molecule has 1 fully saturated rings. The van der Waals surface area contributed by atoms with E-state index in [0.29, 0.717) is 17.5 Å². The molecule has 0 aromatic carbocycles. The minimum Gasteiger partial charge on any atom is -0.318 e. The van der Waals surface area contributed by atoms with Gasteiger partial charge < -0.3 is 5.32 Å². The molecule has 1 saturated carbocycles. The standard InChI is InChI=1S/C21H25F2N5O/c1-13(2)14-6-8-15(9-7-14)28-12-16(19(26-28)20(22)23)25-21(29)17-11-24-18-5-3-4-10-27(17)18/h3-5,10-15,20H,6-9H2,1-2H3,(H,25,29). The normalized spacial score (nSPS) is 19.9. The molecule has 154 valence electrons. The van der Waals surface area contributed by atoms with Crippen LogP contribution in [0, 0.1) is 11.8 Å². The van der Waals surface area contributed by atoms with Crippen molar-refractivity contribution in [2.24, 2.45) is 11.8 Å². The van der Waals surface area contributed by atoms with E-state index in [9.17, 15) is 13.6 Å². The Labute approximate surface area is 167 Å².